The van der Waals surface area contributed by atoms with Gasteiger partial charge in [0.05, 0.1) is 36.1 Å². The van der Waals surface area contributed by atoms with Gasteiger partial charge in [0.25, 0.3) is 11.6 Å². The topological polar surface area (TPSA) is 119 Å². The highest BCUT2D eigenvalue weighted by atomic mass is 32.2. The lowest BCUT2D eigenvalue weighted by atomic mass is 10.1. The molecule has 1 aromatic rings. The summed E-state index contributed by atoms with van der Waals surface area (Å²) < 4.78 is 10.2. The Morgan fingerprint density at radius 3 is 2.75 bits per heavy atom. The average molecular weight is 356 g/mol. The number of morpholine rings is 1. The van der Waals surface area contributed by atoms with Gasteiger partial charge >= 0.3 is 5.97 Å². The number of carboxylic acid groups (broad SMARTS) is 1. The average Bonchev–Trinajstić information content (AvgIpc) is 2.59. The predicted octanol–water partition coefficient (Wildman–Crippen LogP) is 1.25. The normalized spacial score (nSPS) is 17.4. The second-order valence-electron chi connectivity index (χ2n) is 4.93. The Morgan fingerprint density at radius 1 is 1.50 bits per heavy atom. The molecule has 0 aliphatic carbocycles. The third-order valence-corrected chi connectivity index (χ3v) is 4.32. The van der Waals surface area contributed by atoms with Crippen LogP contribution >= 0.6 is 11.8 Å². The fourth-order valence-corrected chi connectivity index (χ4v) is 2.92. The van der Waals surface area contributed by atoms with Gasteiger partial charge in [0.1, 0.15) is 11.3 Å². The lowest BCUT2D eigenvalue weighted by molar-refractivity contribution is -0.385. The molecule has 0 spiro atoms. The zero-order chi connectivity index (χ0) is 17.9. The van der Waals surface area contributed by atoms with Gasteiger partial charge in [0.15, 0.2) is 6.10 Å². The van der Waals surface area contributed by atoms with Gasteiger partial charge < -0.3 is 19.5 Å². The Balaban J connectivity index is 2.40. The zero-order valence-corrected chi connectivity index (χ0v) is 13.9. The summed E-state index contributed by atoms with van der Waals surface area (Å²) in [5.41, 5.74) is -0.482. The lowest BCUT2D eigenvalue weighted by Gasteiger charge is -2.30. The largest absolute Gasteiger partial charge is 0.495 e. The summed E-state index contributed by atoms with van der Waals surface area (Å²) in [5.74, 6) is -1.48. The van der Waals surface area contributed by atoms with Crippen LogP contribution in [0.3, 0.4) is 0 Å². The Kier molecular flexibility index (Phi) is 5.62. The van der Waals surface area contributed by atoms with Gasteiger partial charge in [-0.15, -0.1) is 11.8 Å². The number of carboxylic acids is 1. The van der Waals surface area contributed by atoms with E-state index in [1.54, 1.807) is 6.26 Å². The second kappa shape index (κ2) is 7.49. The summed E-state index contributed by atoms with van der Waals surface area (Å²) in [6.07, 6.45) is 0.618. The van der Waals surface area contributed by atoms with Crippen molar-refractivity contribution in [3.05, 3.63) is 27.8 Å². The molecule has 10 heteroatoms. The van der Waals surface area contributed by atoms with Crippen molar-refractivity contribution in [1.29, 1.82) is 0 Å². The van der Waals surface area contributed by atoms with Crippen molar-refractivity contribution in [3.8, 4) is 5.75 Å². The van der Waals surface area contributed by atoms with E-state index in [1.807, 2.05) is 0 Å². The molecule has 1 heterocycles. The Morgan fingerprint density at radius 2 is 2.21 bits per heavy atom. The van der Waals surface area contributed by atoms with E-state index in [2.05, 4.69) is 0 Å². The number of benzene rings is 1. The van der Waals surface area contributed by atoms with Crippen molar-refractivity contribution in [1.82, 2.24) is 4.90 Å². The first kappa shape index (κ1) is 18.0. The van der Waals surface area contributed by atoms with Gasteiger partial charge in [-0.2, -0.15) is 0 Å². The summed E-state index contributed by atoms with van der Waals surface area (Å²) in [7, 11) is 1.39. The van der Waals surface area contributed by atoms with Gasteiger partial charge in [0, 0.05) is 6.54 Å². The summed E-state index contributed by atoms with van der Waals surface area (Å²) in [5, 5.41) is 20.3. The standard InChI is InChI=1S/C14H16N2O7S/c1-22-10-6-9(16(20)21)8(5-12(10)24-2)13(17)15-3-4-23-11(7-15)14(18)19/h5-6,11H,3-4,7H2,1-2H3,(H,18,19). The first-order chi connectivity index (χ1) is 11.4. The van der Waals surface area contributed by atoms with Gasteiger partial charge in [0.2, 0.25) is 0 Å². The highest BCUT2D eigenvalue weighted by Gasteiger charge is 2.33. The predicted molar refractivity (Wildman–Crippen MR) is 84.7 cm³/mol. The monoisotopic (exact) mass is 356 g/mol. The third kappa shape index (κ3) is 3.60. The molecule has 0 aromatic heterocycles. The van der Waals surface area contributed by atoms with Crippen LogP contribution in [0.15, 0.2) is 17.0 Å². The molecule has 1 amide bonds. The number of nitro benzene ring substituents is 1. The molecule has 0 saturated carbocycles. The molecule has 1 atom stereocenters. The van der Waals surface area contributed by atoms with Crippen molar-refractivity contribution < 1.29 is 29.1 Å². The van der Waals surface area contributed by atoms with Gasteiger partial charge in [-0.05, 0) is 12.3 Å². The zero-order valence-electron chi connectivity index (χ0n) is 13.1. The fraction of sp³-hybridized carbons (Fsp3) is 0.429. The van der Waals surface area contributed by atoms with Crippen LogP contribution < -0.4 is 4.74 Å². The molecule has 1 fully saturated rings. The Hall–Kier alpha value is -2.33. The van der Waals surface area contributed by atoms with Gasteiger partial charge in [-0.25, -0.2) is 4.79 Å². The minimum absolute atomic E-state index is 0.0576. The van der Waals surface area contributed by atoms with Crippen molar-refractivity contribution in [3.63, 3.8) is 0 Å². The molecular formula is C14H16N2O7S. The van der Waals surface area contributed by atoms with Crippen LogP contribution in [-0.4, -0.2) is 66.0 Å². The van der Waals surface area contributed by atoms with E-state index in [4.69, 9.17) is 14.6 Å². The van der Waals surface area contributed by atoms with Crippen molar-refractivity contribution >= 4 is 29.3 Å². The number of ether oxygens (including phenoxy) is 2. The van der Waals surface area contributed by atoms with E-state index in [-0.39, 0.29) is 30.9 Å². The summed E-state index contributed by atoms with van der Waals surface area (Å²) in [6.45, 7) is 0.0639. The number of hydrogen-bond acceptors (Lipinski definition) is 7. The van der Waals surface area contributed by atoms with Crippen LogP contribution in [0.4, 0.5) is 5.69 Å². The van der Waals surface area contributed by atoms with Crippen LogP contribution in [-0.2, 0) is 9.53 Å². The summed E-state index contributed by atoms with van der Waals surface area (Å²) in [6, 6.07) is 2.60. The highest BCUT2D eigenvalue weighted by Crippen LogP contribution is 2.35. The molecule has 1 saturated heterocycles. The van der Waals surface area contributed by atoms with E-state index in [1.165, 1.54) is 35.9 Å². The van der Waals surface area contributed by atoms with E-state index >= 15 is 0 Å². The number of aliphatic carboxylic acids is 1. The first-order valence-electron chi connectivity index (χ1n) is 6.93. The quantitative estimate of drug-likeness (QED) is 0.475. The van der Waals surface area contributed by atoms with Crippen molar-refractivity contribution in [2.45, 2.75) is 11.0 Å². The number of nitrogens with zero attached hydrogens (tertiary/aromatic N) is 2. The molecule has 0 bridgehead atoms. The van der Waals surface area contributed by atoms with Crippen molar-refractivity contribution in [2.24, 2.45) is 0 Å². The van der Waals surface area contributed by atoms with Crippen LogP contribution in [0.2, 0.25) is 0 Å². The number of carbonyl (C=O) groups excluding carboxylic acids is 1. The maximum Gasteiger partial charge on any atom is 0.334 e. The SMILES string of the molecule is COc1cc([N+](=O)[O-])c(C(=O)N2CCOC(C(=O)O)C2)cc1SC. The van der Waals surface area contributed by atoms with Gasteiger partial charge in [-0.3, -0.25) is 14.9 Å². The van der Waals surface area contributed by atoms with Crippen LogP contribution in [0.5, 0.6) is 5.75 Å². The number of hydrogen-bond donors (Lipinski definition) is 1. The fourth-order valence-electron chi connectivity index (χ4n) is 2.34. The summed E-state index contributed by atoms with van der Waals surface area (Å²) >= 11 is 1.29. The minimum atomic E-state index is -1.18. The highest BCUT2D eigenvalue weighted by molar-refractivity contribution is 7.98. The van der Waals surface area contributed by atoms with Gasteiger partial charge in [-0.1, -0.05) is 0 Å². The molecule has 24 heavy (non-hydrogen) atoms. The first-order valence-corrected chi connectivity index (χ1v) is 8.15. The number of amides is 1. The van der Waals surface area contributed by atoms with Crippen LogP contribution in [0, 0.1) is 10.1 Å². The molecule has 1 unspecified atom stereocenters. The molecule has 2 rings (SSSR count). The minimum Gasteiger partial charge on any atom is -0.495 e. The van der Waals surface area contributed by atoms with E-state index in [9.17, 15) is 19.7 Å². The Labute approximate surface area is 141 Å². The Bertz CT molecular complexity index is 679. The van der Waals surface area contributed by atoms with E-state index in [0.29, 0.717) is 10.6 Å². The molecule has 1 aliphatic heterocycles. The van der Waals surface area contributed by atoms with Crippen molar-refractivity contribution in [2.75, 3.05) is 33.1 Å². The lowest BCUT2D eigenvalue weighted by Crippen LogP contribution is -2.48. The molecule has 1 aliphatic rings. The smallest absolute Gasteiger partial charge is 0.334 e. The van der Waals surface area contributed by atoms with Crippen LogP contribution in [0.1, 0.15) is 10.4 Å². The van der Waals surface area contributed by atoms with Crippen LogP contribution in [0.25, 0.3) is 0 Å². The number of carbonyl (C=O) groups is 2. The number of thioether (sulfide) groups is 1. The maximum atomic E-state index is 12.7. The molecule has 1 aromatic carbocycles. The third-order valence-electron chi connectivity index (χ3n) is 3.56. The number of methoxy groups -OCH3 is 1. The second-order valence-corrected chi connectivity index (χ2v) is 5.78. The van der Waals surface area contributed by atoms with E-state index < -0.39 is 22.9 Å². The number of rotatable bonds is 5. The summed E-state index contributed by atoms with van der Waals surface area (Å²) in [4.78, 5) is 36.2. The molecule has 0 radical (unpaired) electrons. The molecular weight excluding hydrogens is 340 g/mol. The maximum absolute atomic E-state index is 12.7. The molecule has 130 valence electrons. The van der Waals surface area contributed by atoms with E-state index in [0.717, 1.165) is 0 Å². The molecule has 1 N–H and O–H groups in total. The number of nitro groups is 1. The molecule has 9 nitrogen and oxygen atoms in total.